The highest BCUT2D eigenvalue weighted by Crippen LogP contribution is 2.29. The lowest BCUT2D eigenvalue weighted by Gasteiger charge is -2.25. The lowest BCUT2D eigenvalue weighted by Crippen LogP contribution is -2.35. The zero-order valence-corrected chi connectivity index (χ0v) is 12.9. The number of aromatic nitrogens is 2. The van der Waals surface area contributed by atoms with E-state index in [0.29, 0.717) is 12.1 Å². The first-order chi connectivity index (χ1) is 8.96. The van der Waals surface area contributed by atoms with Crippen LogP contribution >= 0.6 is 0 Å². The van der Waals surface area contributed by atoms with Gasteiger partial charge in [-0.05, 0) is 30.7 Å². The van der Waals surface area contributed by atoms with Gasteiger partial charge in [0.25, 0.3) is 0 Å². The first-order valence-corrected chi connectivity index (χ1v) is 7.74. The maximum atomic E-state index is 4.79. The Morgan fingerprint density at radius 2 is 2.05 bits per heavy atom. The largest absolute Gasteiger partial charge is 0.314 e. The van der Waals surface area contributed by atoms with Crippen LogP contribution in [-0.4, -0.2) is 22.4 Å². The molecule has 1 aromatic heterocycles. The quantitative estimate of drug-likeness (QED) is 0.850. The minimum absolute atomic E-state index is 0.263. The molecule has 0 spiro atoms. The van der Waals surface area contributed by atoms with Gasteiger partial charge in [-0.1, -0.05) is 40.5 Å². The number of nitrogens with zero attached hydrogens (tertiary/aromatic N) is 2. The molecule has 1 aromatic rings. The summed E-state index contributed by atoms with van der Waals surface area (Å²) in [4.78, 5) is 0. The van der Waals surface area contributed by atoms with Gasteiger partial charge in [0.15, 0.2) is 0 Å². The minimum atomic E-state index is 0.263. The molecule has 3 nitrogen and oxygen atoms in total. The number of hydrogen-bond acceptors (Lipinski definition) is 2. The third kappa shape index (κ3) is 4.34. The van der Waals surface area contributed by atoms with E-state index in [1.807, 2.05) is 0 Å². The van der Waals surface area contributed by atoms with Gasteiger partial charge in [0.05, 0.1) is 11.7 Å². The molecule has 1 N–H and O–H groups in total. The van der Waals surface area contributed by atoms with Crippen molar-refractivity contribution in [2.75, 3.05) is 6.54 Å². The van der Waals surface area contributed by atoms with Gasteiger partial charge in [-0.15, -0.1) is 0 Å². The molecule has 3 heteroatoms. The maximum Gasteiger partial charge on any atom is 0.0630 e. The molecule has 0 aliphatic heterocycles. The molecule has 0 atom stereocenters. The topological polar surface area (TPSA) is 29.9 Å². The monoisotopic (exact) mass is 263 g/mol. The van der Waals surface area contributed by atoms with Crippen LogP contribution in [-0.2, 0) is 6.42 Å². The van der Waals surface area contributed by atoms with Gasteiger partial charge in [-0.25, -0.2) is 0 Å². The predicted molar refractivity (Wildman–Crippen MR) is 80.4 cm³/mol. The first-order valence-electron chi connectivity index (χ1n) is 7.74. The van der Waals surface area contributed by atoms with Crippen molar-refractivity contribution in [3.8, 4) is 0 Å². The van der Waals surface area contributed by atoms with E-state index >= 15 is 0 Å². The predicted octanol–water partition coefficient (Wildman–Crippen LogP) is 3.56. The molecular formula is C16H29N3. The summed E-state index contributed by atoms with van der Waals surface area (Å²) in [6.45, 7) is 10.1. The number of rotatable bonds is 6. The van der Waals surface area contributed by atoms with Crippen LogP contribution in [0.4, 0.5) is 0 Å². The number of nitrogens with one attached hydrogen (secondary N) is 1. The molecule has 0 aromatic carbocycles. The summed E-state index contributed by atoms with van der Waals surface area (Å²) in [6, 6.07) is 3.41. The lowest BCUT2D eigenvalue weighted by atomic mass is 9.87. The average molecular weight is 263 g/mol. The van der Waals surface area contributed by atoms with E-state index in [1.165, 1.54) is 31.4 Å². The zero-order valence-electron chi connectivity index (χ0n) is 12.9. The Morgan fingerprint density at radius 1 is 1.37 bits per heavy atom. The fourth-order valence-electron chi connectivity index (χ4n) is 2.88. The van der Waals surface area contributed by atoms with Gasteiger partial charge in [-0.2, -0.15) is 5.10 Å². The van der Waals surface area contributed by atoms with Crippen molar-refractivity contribution >= 4 is 0 Å². The Balaban J connectivity index is 1.91. The highest BCUT2D eigenvalue weighted by atomic mass is 15.3. The van der Waals surface area contributed by atoms with E-state index in [-0.39, 0.29) is 5.41 Å². The van der Waals surface area contributed by atoms with Gasteiger partial charge in [0.2, 0.25) is 0 Å². The van der Waals surface area contributed by atoms with Gasteiger partial charge < -0.3 is 5.32 Å². The third-order valence-corrected chi connectivity index (χ3v) is 4.01. The molecule has 1 heterocycles. The molecule has 0 unspecified atom stereocenters. The molecule has 0 bridgehead atoms. The maximum absolute atomic E-state index is 4.79. The zero-order chi connectivity index (χ0) is 13.9. The molecule has 19 heavy (non-hydrogen) atoms. The summed E-state index contributed by atoms with van der Waals surface area (Å²) in [5.74, 6) is 0. The normalized spacial score (nSPS) is 17.5. The Bertz CT molecular complexity index is 386. The molecule has 2 rings (SSSR count). The van der Waals surface area contributed by atoms with E-state index in [1.54, 1.807) is 0 Å². The van der Waals surface area contributed by atoms with Crippen molar-refractivity contribution in [1.29, 1.82) is 0 Å². The molecule has 1 fully saturated rings. The smallest absolute Gasteiger partial charge is 0.0630 e. The lowest BCUT2D eigenvalue weighted by molar-refractivity contribution is 0.320. The minimum Gasteiger partial charge on any atom is -0.314 e. The molecule has 0 saturated heterocycles. The summed E-state index contributed by atoms with van der Waals surface area (Å²) in [7, 11) is 0. The van der Waals surface area contributed by atoms with Gasteiger partial charge >= 0.3 is 0 Å². The Hall–Kier alpha value is -0.830. The van der Waals surface area contributed by atoms with Crippen molar-refractivity contribution in [3.05, 3.63) is 18.0 Å². The van der Waals surface area contributed by atoms with Crippen molar-refractivity contribution in [2.45, 2.75) is 71.9 Å². The van der Waals surface area contributed by atoms with Crippen LogP contribution in [0.2, 0.25) is 0 Å². The van der Waals surface area contributed by atoms with Crippen LogP contribution < -0.4 is 5.32 Å². The molecule has 1 aliphatic carbocycles. The van der Waals surface area contributed by atoms with Crippen molar-refractivity contribution in [1.82, 2.24) is 15.1 Å². The van der Waals surface area contributed by atoms with Crippen LogP contribution in [0.15, 0.2) is 12.3 Å². The summed E-state index contributed by atoms with van der Waals surface area (Å²) in [5.41, 5.74) is 1.50. The second-order valence-corrected chi connectivity index (χ2v) is 7.10. The van der Waals surface area contributed by atoms with Crippen LogP contribution in [0.25, 0.3) is 0 Å². The molecular weight excluding hydrogens is 234 g/mol. The van der Waals surface area contributed by atoms with Crippen molar-refractivity contribution < 1.29 is 0 Å². The molecule has 0 amide bonds. The van der Waals surface area contributed by atoms with Crippen molar-refractivity contribution in [2.24, 2.45) is 5.41 Å². The van der Waals surface area contributed by atoms with Crippen LogP contribution in [0.3, 0.4) is 0 Å². The second-order valence-electron chi connectivity index (χ2n) is 7.10. The Labute approximate surface area is 117 Å². The third-order valence-electron chi connectivity index (χ3n) is 4.01. The molecule has 1 aliphatic rings. The fourth-order valence-corrected chi connectivity index (χ4v) is 2.88. The second kappa shape index (κ2) is 6.08. The highest BCUT2D eigenvalue weighted by molar-refractivity contribution is 5.03. The summed E-state index contributed by atoms with van der Waals surface area (Å²) in [5, 5.41) is 8.33. The van der Waals surface area contributed by atoms with E-state index < -0.39 is 0 Å². The van der Waals surface area contributed by atoms with E-state index in [9.17, 15) is 0 Å². The van der Waals surface area contributed by atoms with E-state index in [2.05, 4.69) is 50.0 Å². The first kappa shape index (κ1) is 14.6. The molecule has 0 radical (unpaired) electrons. The van der Waals surface area contributed by atoms with E-state index in [4.69, 9.17) is 5.10 Å². The van der Waals surface area contributed by atoms with Gasteiger partial charge in [0, 0.05) is 18.8 Å². The fraction of sp³-hybridized carbons (Fsp3) is 0.812. The Morgan fingerprint density at radius 3 is 2.68 bits per heavy atom. The van der Waals surface area contributed by atoms with Gasteiger partial charge in [0.1, 0.15) is 0 Å². The summed E-state index contributed by atoms with van der Waals surface area (Å²) in [6.07, 6.45) is 8.57. The van der Waals surface area contributed by atoms with E-state index in [0.717, 1.165) is 13.0 Å². The van der Waals surface area contributed by atoms with Crippen LogP contribution in [0.5, 0.6) is 0 Å². The number of hydrogen-bond donors (Lipinski definition) is 1. The standard InChI is InChI=1S/C16H29N3/c1-13(2)17-12-16(3,4)11-14-9-10-19(18-14)15-7-5-6-8-15/h9-10,13,15,17H,5-8,11-12H2,1-4H3. The molecule has 1 saturated carbocycles. The van der Waals surface area contributed by atoms with Crippen LogP contribution in [0.1, 0.15) is 65.1 Å². The SMILES string of the molecule is CC(C)NCC(C)(C)Cc1ccn(C2CCCC2)n1. The summed E-state index contributed by atoms with van der Waals surface area (Å²) >= 11 is 0. The highest BCUT2D eigenvalue weighted by Gasteiger charge is 2.22. The molecule has 108 valence electrons. The van der Waals surface area contributed by atoms with Crippen LogP contribution in [0, 0.1) is 5.41 Å². The Kier molecular flexibility index (Phi) is 4.67. The average Bonchev–Trinajstić information content (AvgIpc) is 2.95. The van der Waals surface area contributed by atoms with Crippen molar-refractivity contribution in [3.63, 3.8) is 0 Å². The summed E-state index contributed by atoms with van der Waals surface area (Å²) < 4.78 is 2.20. The van der Waals surface area contributed by atoms with Gasteiger partial charge in [-0.3, -0.25) is 4.68 Å².